The Labute approximate surface area is 138 Å². The highest BCUT2D eigenvalue weighted by Gasteiger charge is 2.17. The Morgan fingerprint density at radius 3 is 2.24 bits per heavy atom. The molecule has 2 heteroatoms. The van der Waals surface area contributed by atoms with Gasteiger partial charge in [0.15, 0.2) is 0 Å². The quantitative estimate of drug-likeness (QED) is 0.603. The van der Waals surface area contributed by atoms with E-state index in [0.717, 1.165) is 20.1 Å². The van der Waals surface area contributed by atoms with Gasteiger partial charge in [0.1, 0.15) is 6.10 Å². The monoisotopic (exact) mass is 388 g/mol. The third-order valence-electron chi connectivity index (χ3n) is 3.99. The molecule has 3 aromatic rings. The van der Waals surface area contributed by atoms with E-state index in [-0.39, 0.29) is 0 Å². The average Bonchev–Trinajstić information content (AvgIpc) is 2.50. The molecular weight excluding hydrogens is 371 g/mol. The molecule has 0 aromatic heterocycles. The van der Waals surface area contributed by atoms with Crippen molar-refractivity contribution >= 4 is 33.4 Å². The largest absolute Gasteiger partial charge is 0.384 e. The lowest BCUT2D eigenvalue weighted by Gasteiger charge is -2.17. The fourth-order valence-electron chi connectivity index (χ4n) is 2.76. The second kappa shape index (κ2) is 5.78. The van der Waals surface area contributed by atoms with E-state index in [1.165, 1.54) is 16.5 Å². The molecule has 0 spiro atoms. The summed E-state index contributed by atoms with van der Waals surface area (Å²) in [5.41, 5.74) is 4.38. The van der Waals surface area contributed by atoms with Crippen molar-refractivity contribution in [3.8, 4) is 0 Å². The van der Waals surface area contributed by atoms with Gasteiger partial charge < -0.3 is 5.11 Å². The second-order valence-corrected chi connectivity index (χ2v) is 6.48. The number of benzene rings is 3. The Bertz CT molecular complexity index is 808. The van der Waals surface area contributed by atoms with Gasteiger partial charge in [-0.25, -0.2) is 0 Å². The summed E-state index contributed by atoms with van der Waals surface area (Å²) in [5.74, 6) is 0. The smallest absolute Gasteiger partial charge is 0.106 e. The molecule has 0 aliphatic carbocycles. The van der Waals surface area contributed by atoms with Crippen LogP contribution in [0.5, 0.6) is 0 Å². The molecule has 3 rings (SSSR count). The SMILES string of the molecule is Cc1cccc(C(O)c2ccc(C)c3ccccc23)c1I. The number of rotatable bonds is 2. The highest BCUT2D eigenvalue weighted by atomic mass is 127. The second-order valence-electron chi connectivity index (χ2n) is 5.40. The minimum atomic E-state index is -0.595. The average molecular weight is 388 g/mol. The van der Waals surface area contributed by atoms with Crippen LogP contribution in [0.15, 0.2) is 54.6 Å². The normalized spacial score (nSPS) is 12.6. The fourth-order valence-corrected chi connectivity index (χ4v) is 3.41. The lowest BCUT2D eigenvalue weighted by molar-refractivity contribution is 0.221. The van der Waals surface area contributed by atoms with Gasteiger partial charge in [-0.1, -0.05) is 54.6 Å². The molecule has 0 aliphatic rings. The molecule has 0 saturated carbocycles. The summed E-state index contributed by atoms with van der Waals surface area (Å²) in [6.45, 7) is 4.18. The van der Waals surface area contributed by atoms with Crippen molar-refractivity contribution in [2.45, 2.75) is 20.0 Å². The van der Waals surface area contributed by atoms with Gasteiger partial charge in [-0.2, -0.15) is 0 Å². The summed E-state index contributed by atoms with van der Waals surface area (Å²) in [7, 11) is 0. The molecule has 1 unspecified atom stereocenters. The van der Waals surface area contributed by atoms with Crippen molar-refractivity contribution in [3.05, 3.63) is 80.4 Å². The van der Waals surface area contributed by atoms with Gasteiger partial charge >= 0.3 is 0 Å². The topological polar surface area (TPSA) is 20.2 Å². The van der Waals surface area contributed by atoms with Gasteiger partial charge in [-0.3, -0.25) is 0 Å². The maximum Gasteiger partial charge on any atom is 0.106 e. The van der Waals surface area contributed by atoms with Crippen LogP contribution in [0, 0.1) is 17.4 Å². The van der Waals surface area contributed by atoms with Crippen molar-refractivity contribution in [1.29, 1.82) is 0 Å². The van der Waals surface area contributed by atoms with Crippen LogP contribution in [0.4, 0.5) is 0 Å². The van der Waals surface area contributed by atoms with Crippen LogP contribution in [0.1, 0.15) is 28.4 Å². The summed E-state index contributed by atoms with van der Waals surface area (Å²) in [6, 6.07) is 18.5. The lowest BCUT2D eigenvalue weighted by Crippen LogP contribution is -2.04. The third-order valence-corrected chi connectivity index (χ3v) is 5.46. The summed E-state index contributed by atoms with van der Waals surface area (Å²) >= 11 is 2.32. The zero-order chi connectivity index (χ0) is 15.0. The minimum absolute atomic E-state index is 0.595. The Balaban J connectivity index is 2.21. The molecule has 21 heavy (non-hydrogen) atoms. The molecule has 0 fully saturated rings. The van der Waals surface area contributed by atoms with E-state index in [0.29, 0.717) is 0 Å². The van der Waals surface area contributed by atoms with Gasteiger partial charge in [0.25, 0.3) is 0 Å². The highest BCUT2D eigenvalue weighted by Crippen LogP contribution is 2.33. The van der Waals surface area contributed by atoms with Crippen LogP contribution in [-0.2, 0) is 0 Å². The minimum Gasteiger partial charge on any atom is -0.384 e. The summed E-state index contributed by atoms with van der Waals surface area (Å²) in [6.07, 6.45) is -0.595. The Morgan fingerprint density at radius 1 is 0.762 bits per heavy atom. The number of aryl methyl sites for hydroxylation is 2. The van der Waals surface area contributed by atoms with Crippen molar-refractivity contribution in [1.82, 2.24) is 0 Å². The van der Waals surface area contributed by atoms with Crippen LogP contribution < -0.4 is 0 Å². The molecule has 0 heterocycles. The summed E-state index contributed by atoms with van der Waals surface area (Å²) in [4.78, 5) is 0. The van der Waals surface area contributed by atoms with Gasteiger partial charge in [-0.15, -0.1) is 0 Å². The Kier molecular flexibility index (Phi) is 4.00. The molecule has 0 aliphatic heterocycles. The van der Waals surface area contributed by atoms with Crippen molar-refractivity contribution in [3.63, 3.8) is 0 Å². The predicted octanol–water partition coefficient (Wildman–Crippen LogP) is 5.14. The fraction of sp³-hybridized carbons (Fsp3) is 0.158. The van der Waals surface area contributed by atoms with E-state index >= 15 is 0 Å². The molecule has 0 bridgehead atoms. The first kappa shape index (κ1) is 14.5. The first-order valence-corrected chi connectivity index (χ1v) is 8.09. The van der Waals surface area contributed by atoms with E-state index in [9.17, 15) is 5.11 Å². The van der Waals surface area contributed by atoms with E-state index in [1.807, 2.05) is 30.3 Å². The van der Waals surface area contributed by atoms with Crippen LogP contribution in [-0.4, -0.2) is 5.11 Å². The Hall–Kier alpha value is -1.39. The van der Waals surface area contributed by atoms with Gasteiger partial charge in [0.05, 0.1) is 0 Å². The van der Waals surface area contributed by atoms with Crippen molar-refractivity contribution < 1.29 is 5.11 Å². The number of hydrogen-bond donors (Lipinski definition) is 1. The van der Waals surface area contributed by atoms with Gasteiger partial charge in [-0.05, 0) is 69.5 Å². The zero-order valence-corrected chi connectivity index (χ0v) is 14.3. The van der Waals surface area contributed by atoms with Crippen molar-refractivity contribution in [2.24, 2.45) is 0 Å². The van der Waals surface area contributed by atoms with Gasteiger partial charge in [0, 0.05) is 3.57 Å². The van der Waals surface area contributed by atoms with E-state index in [2.05, 4.69) is 60.7 Å². The molecule has 3 aromatic carbocycles. The van der Waals surface area contributed by atoms with Crippen LogP contribution in [0.2, 0.25) is 0 Å². The summed E-state index contributed by atoms with van der Waals surface area (Å²) in [5, 5.41) is 13.2. The zero-order valence-electron chi connectivity index (χ0n) is 12.1. The number of aliphatic hydroxyl groups excluding tert-OH is 1. The first-order valence-electron chi connectivity index (χ1n) is 7.01. The third kappa shape index (κ3) is 2.58. The maximum absolute atomic E-state index is 10.9. The number of aliphatic hydroxyl groups is 1. The number of fused-ring (bicyclic) bond motifs is 1. The highest BCUT2D eigenvalue weighted by molar-refractivity contribution is 14.1. The number of hydrogen-bond acceptors (Lipinski definition) is 1. The molecular formula is C19H17IO. The maximum atomic E-state index is 10.9. The first-order chi connectivity index (χ1) is 10.1. The lowest BCUT2D eigenvalue weighted by atomic mass is 9.93. The standard InChI is InChI=1S/C19H17IO/c1-12-10-11-16(15-8-4-3-7-14(12)15)19(21)17-9-5-6-13(2)18(17)20/h3-11,19,21H,1-2H3. The molecule has 106 valence electrons. The Morgan fingerprint density at radius 2 is 1.48 bits per heavy atom. The molecule has 1 atom stereocenters. The van der Waals surface area contributed by atoms with Gasteiger partial charge in [0.2, 0.25) is 0 Å². The van der Waals surface area contributed by atoms with Crippen LogP contribution >= 0.6 is 22.6 Å². The molecule has 0 saturated heterocycles. The van der Waals surface area contributed by atoms with E-state index in [1.54, 1.807) is 0 Å². The molecule has 1 N–H and O–H groups in total. The molecule has 0 radical (unpaired) electrons. The summed E-state index contributed by atoms with van der Waals surface area (Å²) < 4.78 is 1.13. The number of halogens is 1. The molecule has 0 amide bonds. The van der Waals surface area contributed by atoms with Crippen molar-refractivity contribution in [2.75, 3.05) is 0 Å². The van der Waals surface area contributed by atoms with E-state index < -0.39 is 6.10 Å². The van der Waals surface area contributed by atoms with Crippen LogP contribution in [0.3, 0.4) is 0 Å². The van der Waals surface area contributed by atoms with E-state index in [4.69, 9.17) is 0 Å². The van der Waals surface area contributed by atoms with Crippen LogP contribution in [0.25, 0.3) is 10.8 Å². The molecule has 1 nitrogen and oxygen atoms in total. The predicted molar refractivity (Wildman–Crippen MR) is 96.6 cm³/mol.